The topological polar surface area (TPSA) is 63.3 Å². The first kappa shape index (κ1) is 10.1. The summed E-state index contributed by atoms with van der Waals surface area (Å²) in [6.45, 7) is 0.724. The molecule has 1 unspecified atom stereocenters. The lowest BCUT2D eigenvalue weighted by Gasteiger charge is -1.95. The van der Waals surface area contributed by atoms with Crippen LogP contribution in [0, 0.1) is 0 Å². The monoisotopic (exact) mass is 165 g/mol. The Labute approximate surface area is 64.3 Å². The third-order valence-corrected chi connectivity index (χ3v) is 1.91. The Morgan fingerprint density at radius 1 is 1.20 bits per heavy atom. The SMILES string of the molecule is NCCCCCCS(=O)O. The molecule has 3 nitrogen and oxygen atoms in total. The summed E-state index contributed by atoms with van der Waals surface area (Å²) in [5.74, 6) is 0.407. The molecule has 0 rings (SSSR count). The van der Waals surface area contributed by atoms with Gasteiger partial charge in [-0.05, 0) is 19.4 Å². The van der Waals surface area contributed by atoms with E-state index in [0.717, 1.165) is 32.2 Å². The van der Waals surface area contributed by atoms with Crippen LogP contribution in [0.25, 0.3) is 0 Å². The Kier molecular flexibility index (Phi) is 7.23. The van der Waals surface area contributed by atoms with Crippen LogP contribution in [0.2, 0.25) is 0 Å². The molecular weight excluding hydrogens is 150 g/mol. The molecule has 10 heavy (non-hydrogen) atoms. The zero-order valence-corrected chi connectivity index (χ0v) is 6.90. The van der Waals surface area contributed by atoms with Crippen LogP contribution in [0.5, 0.6) is 0 Å². The third kappa shape index (κ3) is 8.07. The van der Waals surface area contributed by atoms with Crippen molar-refractivity contribution in [3.8, 4) is 0 Å². The summed E-state index contributed by atoms with van der Waals surface area (Å²) in [5.41, 5.74) is 5.26. The van der Waals surface area contributed by atoms with Crippen LogP contribution in [0.1, 0.15) is 25.7 Å². The predicted molar refractivity (Wildman–Crippen MR) is 43.2 cm³/mol. The van der Waals surface area contributed by atoms with Gasteiger partial charge in [-0.2, -0.15) is 0 Å². The van der Waals surface area contributed by atoms with Gasteiger partial charge in [0, 0.05) is 5.75 Å². The molecule has 0 aliphatic carbocycles. The first-order valence-electron chi connectivity index (χ1n) is 3.55. The molecule has 0 spiro atoms. The lowest BCUT2D eigenvalue weighted by Crippen LogP contribution is -1.99. The van der Waals surface area contributed by atoms with Gasteiger partial charge in [-0.15, -0.1) is 0 Å². The van der Waals surface area contributed by atoms with Crippen LogP contribution < -0.4 is 5.73 Å². The van der Waals surface area contributed by atoms with Crippen LogP contribution in [0.3, 0.4) is 0 Å². The molecular formula is C6H15NO2S. The second-order valence-electron chi connectivity index (χ2n) is 2.23. The summed E-state index contributed by atoms with van der Waals surface area (Å²) in [4.78, 5) is 0. The van der Waals surface area contributed by atoms with Crippen LogP contribution in [0.4, 0.5) is 0 Å². The van der Waals surface area contributed by atoms with E-state index in [1.165, 1.54) is 0 Å². The van der Waals surface area contributed by atoms with E-state index in [0.29, 0.717) is 5.75 Å². The zero-order chi connectivity index (χ0) is 7.82. The molecule has 1 atom stereocenters. The Morgan fingerprint density at radius 2 is 1.80 bits per heavy atom. The molecule has 0 saturated heterocycles. The van der Waals surface area contributed by atoms with Crippen molar-refractivity contribution in [2.45, 2.75) is 25.7 Å². The van der Waals surface area contributed by atoms with E-state index < -0.39 is 11.1 Å². The van der Waals surface area contributed by atoms with Crippen molar-refractivity contribution in [1.82, 2.24) is 0 Å². The zero-order valence-electron chi connectivity index (χ0n) is 6.08. The predicted octanol–water partition coefficient (Wildman–Crippen LogP) is 0.727. The number of hydrogen-bond donors (Lipinski definition) is 2. The molecule has 0 radical (unpaired) electrons. The van der Waals surface area contributed by atoms with Crippen molar-refractivity contribution < 1.29 is 8.76 Å². The van der Waals surface area contributed by atoms with Gasteiger partial charge in [0.15, 0.2) is 11.1 Å². The average molecular weight is 165 g/mol. The average Bonchev–Trinajstić information content (AvgIpc) is 1.87. The van der Waals surface area contributed by atoms with Gasteiger partial charge in [-0.25, -0.2) is 4.21 Å². The van der Waals surface area contributed by atoms with E-state index >= 15 is 0 Å². The fourth-order valence-corrected chi connectivity index (χ4v) is 1.17. The van der Waals surface area contributed by atoms with Gasteiger partial charge in [0.05, 0.1) is 0 Å². The van der Waals surface area contributed by atoms with Crippen molar-refractivity contribution in [2.75, 3.05) is 12.3 Å². The summed E-state index contributed by atoms with van der Waals surface area (Å²) in [7, 11) is 0. The minimum atomic E-state index is -1.60. The quantitative estimate of drug-likeness (QED) is 0.450. The minimum Gasteiger partial charge on any atom is -0.330 e. The molecule has 0 aliphatic heterocycles. The molecule has 4 heteroatoms. The molecule has 0 aromatic carbocycles. The molecule has 3 N–H and O–H groups in total. The number of nitrogens with two attached hydrogens (primary N) is 1. The molecule has 0 amide bonds. The van der Waals surface area contributed by atoms with Crippen molar-refractivity contribution in [1.29, 1.82) is 0 Å². The Hall–Kier alpha value is 0.0700. The largest absolute Gasteiger partial charge is 0.330 e. The summed E-state index contributed by atoms with van der Waals surface area (Å²) >= 11 is -1.60. The highest BCUT2D eigenvalue weighted by Gasteiger charge is 1.92. The van der Waals surface area contributed by atoms with Crippen LogP contribution >= 0.6 is 0 Å². The maximum absolute atomic E-state index is 10.1. The van der Waals surface area contributed by atoms with Gasteiger partial charge in [-0.1, -0.05) is 12.8 Å². The second-order valence-corrected chi connectivity index (χ2v) is 3.28. The highest BCUT2D eigenvalue weighted by Crippen LogP contribution is 1.98. The summed E-state index contributed by atoms with van der Waals surface area (Å²) in [6.07, 6.45) is 3.96. The van der Waals surface area contributed by atoms with Gasteiger partial charge in [-0.3, -0.25) is 0 Å². The van der Waals surface area contributed by atoms with Gasteiger partial charge in [0.2, 0.25) is 0 Å². The lowest BCUT2D eigenvalue weighted by molar-refractivity contribution is 0.558. The number of hydrogen-bond acceptors (Lipinski definition) is 2. The van der Waals surface area contributed by atoms with E-state index in [9.17, 15) is 4.21 Å². The highest BCUT2D eigenvalue weighted by atomic mass is 32.2. The fourth-order valence-electron chi connectivity index (χ4n) is 0.723. The smallest absolute Gasteiger partial charge is 0.152 e. The minimum absolute atomic E-state index is 0.407. The number of rotatable bonds is 6. The molecule has 0 heterocycles. The molecule has 0 aromatic heterocycles. The number of unbranched alkanes of at least 4 members (excludes halogenated alkanes) is 3. The highest BCUT2D eigenvalue weighted by molar-refractivity contribution is 7.79. The first-order valence-corrected chi connectivity index (χ1v) is 4.82. The van der Waals surface area contributed by atoms with Crippen LogP contribution in [-0.2, 0) is 11.1 Å². The molecule has 0 fully saturated rings. The van der Waals surface area contributed by atoms with Gasteiger partial charge >= 0.3 is 0 Å². The van der Waals surface area contributed by atoms with Gasteiger partial charge in [0.25, 0.3) is 0 Å². The van der Waals surface area contributed by atoms with E-state index in [4.69, 9.17) is 10.3 Å². The van der Waals surface area contributed by atoms with Crippen molar-refractivity contribution in [3.05, 3.63) is 0 Å². The van der Waals surface area contributed by atoms with Crippen LogP contribution in [-0.4, -0.2) is 21.1 Å². The molecule has 0 aliphatic rings. The van der Waals surface area contributed by atoms with Gasteiger partial charge in [0.1, 0.15) is 0 Å². The Balaban J connectivity index is 2.84. The maximum atomic E-state index is 10.1. The van der Waals surface area contributed by atoms with Crippen molar-refractivity contribution in [2.24, 2.45) is 5.73 Å². The van der Waals surface area contributed by atoms with E-state index in [-0.39, 0.29) is 0 Å². The van der Waals surface area contributed by atoms with E-state index in [2.05, 4.69) is 0 Å². The summed E-state index contributed by atoms with van der Waals surface area (Å²) in [5, 5.41) is 0. The third-order valence-electron chi connectivity index (χ3n) is 1.27. The Morgan fingerprint density at radius 3 is 2.30 bits per heavy atom. The lowest BCUT2D eigenvalue weighted by atomic mass is 10.2. The standard InChI is InChI=1S/C6H15NO2S/c7-5-3-1-2-4-6-10(8)9/h1-7H2,(H,8,9). The first-order chi connectivity index (χ1) is 4.77. The van der Waals surface area contributed by atoms with E-state index in [1.54, 1.807) is 0 Å². The van der Waals surface area contributed by atoms with Crippen molar-refractivity contribution in [3.63, 3.8) is 0 Å². The maximum Gasteiger partial charge on any atom is 0.152 e. The fraction of sp³-hybridized carbons (Fsp3) is 1.00. The molecule has 0 bridgehead atoms. The van der Waals surface area contributed by atoms with E-state index in [1.807, 2.05) is 0 Å². The Bertz CT molecular complexity index is 97.7. The molecule has 62 valence electrons. The molecule has 0 saturated carbocycles. The normalized spacial score (nSPS) is 13.4. The second kappa shape index (κ2) is 7.18. The van der Waals surface area contributed by atoms with Crippen LogP contribution in [0.15, 0.2) is 0 Å². The summed E-state index contributed by atoms with van der Waals surface area (Å²) in [6, 6.07) is 0. The van der Waals surface area contributed by atoms with Crippen molar-refractivity contribution >= 4 is 11.1 Å². The molecule has 0 aromatic rings. The summed E-state index contributed by atoms with van der Waals surface area (Å²) < 4.78 is 18.5. The van der Waals surface area contributed by atoms with Gasteiger partial charge < -0.3 is 10.3 Å².